The topological polar surface area (TPSA) is 20.2 Å². The summed E-state index contributed by atoms with van der Waals surface area (Å²) < 4.78 is 0. The maximum absolute atomic E-state index is 10.6. The van der Waals surface area contributed by atoms with Crippen molar-refractivity contribution in [2.75, 3.05) is 0 Å². The Morgan fingerprint density at radius 3 is 2.61 bits per heavy atom. The molecule has 23 heavy (non-hydrogen) atoms. The molecule has 0 bridgehead atoms. The van der Waals surface area contributed by atoms with Crippen LogP contribution in [0.5, 0.6) is 0 Å². The van der Waals surface area contributed by atoms with Gasteiger partial charge in [0.2, 0.25) is 0 Å². The smallest absolute Gasteiger partial charge is 0.0625 e. The van der Waals surface area contributed by atoms with Crippen molar-refractivity contribution in [3.05, 3.63) is 47.6 Å². The summed E-state index contributed by atoms with van der Waals surface area (Å²) in [6.45, 7) is 10.8. The van der Waals surface area contributed by atoms with Crippen LogP contribution in [0, 0.1) is 11.8 Å². The molecule has 1 aliphatic carbocycles. The zero-order valence-corrected chi connectivity index (χ0v) is 15.8. The van der Waals surface area contributed by atoms with E-state index in [1.807, 2.05) is 6.92 Å². The fraction of sp³-hybridized carbons (Fsp3) is 0.636. The molecule has 0 heterocycles. The molecule has 1 heteroatoms. The van der Waals surface area contributed by atoms with Crippen molar-refractivity contribution in [3.63, 3.8) is 0 Å². The second-order valence-electron chi connectivity index (χ2n) is 7.51. The van der Waals surface area contributed by atoms with Gasteiger partial charge in [0, 0.05) is 0 Å². The molecule has 0 spiro atoms. The van der Waals surface area contributed by atoms with Crippen LogP contribution < -0.4 is 0 Å². The maximum atomic E-state index is 10.6. The van der Waals surface area contributed by atoms with Crippen molar-refractivity contribution in [3.8, 4) is 0 Å². The van der Waals surface area contributed by atoms with Gasteiger partial charge >= 0.3 is 0 Å². The summed E-state index contributed by atoms with van der Waals surface area (Å²) in [5.41, 5.74) is 2.25. The number of hydrogen-bond acceptors (Lipinski definition) is 1. The molecule has 0 radical (unpaired) electrons. The van der Waals surface area contributed by atoms with Gasteiger partial charge in [-0.1, -0.05) is 61.4 Å². The summed E-state index contributed by atoms with van der Waals surface area (Å²) in [5, 5.41) is 10.6. The molecule has 0 saturated heterocycles. The first-order valence-corrected chi connectivity index (χ1v) is 9.22. The lowest BCUT2D eigenvalue weighted by molar-refractivity contribution is 0.0434. The third-order valence-corrected chi connectivity index (χ3v) is 4.99. The molecule has 1 N–H and O–H groups in total. The molecule has 0 aliphatic heterocycles. The van der Waals surface area contributed by atoms with Gasteiger partial charge in [-0.3, -0.25) is 0 Å². The van der Waals surface area contributed by atoms with E-state index in [-0.39, 0.29) is 0 Å². The predicted molar refractivity (Wildman–Crippen MR) is 102 cm³/mol. The molecular weight excluding hydrogens is 280 g/mol. The number of aliphatic hydroxyl groups is 1. The van der Waals surface area contributed by atoms with E-state index in [9.17, 15) is 5.11 Å². The highest BCUT2D eigenvalue weighted by atomic mass is 16.3. The number of allylic oxidation sites excluding steroid dienone is 8. The molecule has 130 valence electrons. The second kappa shape index (κ2) is 9.93. The fourth-order valence-corrected chi connectivity index (χ4v) is 2.91. The van der Waals surface area contributed by atoms with E-state index >= 15 is 0 Å². The summed E-state index contributed by atoms with van der Waals surface area (Å²) in [7, 11) is 0. The van der Waals surface area contributed by atoms with Crippen LogP contribution in [0.15, 0.2) is 47.6 Å². The largest absolute Gasteiger partial charge is 0.390 e. The van der Waals surface area contributed by atoms with Crippen molar-refractivity contribution in [2.45, 2.75) is 78.7 Å². The van der Waals surface area contributed by atoms with Crippen LogP contribution in [0.4, 0.5) is 0 Å². The van der Waals surface area contributed by atoms with Crippen LogP contribution in [0.25, 0.3) is 0 Å². The molecule has 0 aromatic heterocycles. The van der Waals surface area contributed by atoms with Crippen LogP contribution in [0.1, 0.15) is 73.1 Å². The van der Waals surface area contributed by atoms with Crippen LogP contribution in [0.3, 0.4) is 0 Å². The van der Waals surface area contributed by atoms with Crippen molar-refractivity contribution < 1.29 is 5.11 Å². The zero-order valence-electron chi connectivity index (χ0n) is 15.8. The minimum absolute atomic E-state index is 0.568. The van der Waals surface area contributed by atoms with E-state index in [1.54, 1.807) is 0 Å². The van der Waals surface area contributed by atoms with Gasteiger partial charge in [0.1, 0.15) is 0 Å². The summed E-state index contributed by atoms with van der Waals surface area (Å²) in [4.78, 5) is 0. The van der Waals surface area contributed by atoms with Gasteiger partial charge in [-0.15, -0.1) is 0 Å². The molecule has 0 aromatic carbocycles. The molecule has 3 atom stereocenters. The highest BCUT2D eigenvalue weighted by molar-refractivity contribution is 5.25. The Balaban J connectivity index is 2.34. The molecule has 3 unspecified atom stereocenters. The third kappa shape index (κ3) is 8.37. The first-order chi connectivity index (χ1) is 10.8. The summed E-state index contributed by atoms with van der Waals surface area (Å²) in [6.07, 6.45) is 19.4. The predicted octanol–water partition coefficient (Wildman–Crippen LogP) is 6.37. The monoisotopic (exact) mass is 316 g/mol. The Labute approximate surface area is 143 Å². The third-order valence-electron chi connectivity index (χ3n) is 4.99. The highest BCUT2D eigenvalue weighted by Crippen LogP contribution is 2.28. The minimum Gasteiger partial charge on any atom is -0.390 e. The van der Waals surface area contributed by atoms with Gasteiger partial charge < -0.3 is 5.11 Å². The van der Waals surface area contributed by atoms with E-state index in [4.69, 9.17) is 0 Å². The van der Waals surface area contributed by atoms with Crippen molar-refractivity contribution in [1.29, 1.82) is 0 Å². The Hall–Kier alpha value is -1.08. The number of hydrogen-bond donors (Lipinski definition) is 1. The Morgan fingerprint density at radius 2 is 1.96 bits per heavy atom. The van der Waals surface area contributed by atoms with Gasteiger partial charge in [0.25, 0.3) is 0 Å². The molecule has 1 rings (SSSR count). The number of rotatable bonds is 9. The molecular formula is C22H36O. The second-order valence-corrected chi connectivity index (χ2v) is 7.51. The molecule has 0 amide bonds. The summed E-state index contributed by atoms with van der Waals surface area (Å²) >= 11 is 0. The Morgan fingerprint density at radius 1 is 1.22 bits per heavy atom. The van der Waals surface area contributed by atoms with E-state index in [1.165, 1.54) is 11.1 Å². The average Bonchev–Trinajstić information content (AvgIpc) is 2.49. The molecule has 1 aliphatic rings. The first-order valence-electron chi connectivity index (χ1n) is 9.22. The van der Waals surface area contributed by atoms with Crippen molar-refractivity contribution >= 4 is 0 Å². The lowest BCUT2D eigenvalue weighted by atomic mass is 9.85. The van der Waals surface area contributed by atoms with Crippen molar-refractivity contribution in [1.82, 2.24) is 0 Å². The summed E-state index contributed by atoms with van der Waals surface area (Å²) in [6, 6.07) is 0. The fourth-order valence-electron chi connectivity index (χ4n) is 2.91. The first kappa shape index (κ1) is 20.0. The van der Waals surface area contributed by atoms with Crippen LogP contribution in [-0.2, 0) is 0 Å². The van der Waals surface area contributed by atoms with Gasteiger partial charge in [-0.2, -0.15) is 0 Å². The van der Waals surface area contributed by atoms with Gasteiger partial charge in [-0.25, -0.2) is 0 Å². The quantitative estimate of drug-likeness (QED) is 0.490. The Kier molecular flexibility index (Phi) is 8.62. The van der Waals surface area contributed by atoms with E-state index < -0.39 is 5.60 Å². The molecule has 0 aromatic rings. The van der Waals surface area contributed by atoms with Crippen LogP contribution in [0.2, 0.25) is 0 Å². The van der Waals surface area contributed by atoms with E-state index in [0.29, 0.717) is 11.8 Å². The lowest BCUT2D eigenvalue weighted by Crippen LogP contribution is -2.24. The van der Waals surface area contributed by atoms with Crippen LogP contribution in [-0.4, -0.2) is 10.7 Å². The molecule has 0 saturated carbocycles. The Bertz CT molecular complexity index is 462. The lowest BCUT2D eigenvalue weighted by Gasteiger charge is -2.25. The molecule has 1 nitrogen and oxygen atoms in total. The van der Waals surface area contributed by atoms with E-state index in [2.05, 4.69) is 64.2 Å². The highest BCUT2D eigenvalue weighted by Gasteiger charge is 2.20. The van der Waals surface area contributed by atoms with Crippen molar-refractivity contribution in [2.24, 2.45) is 11.8 Å². The normalized spacial score (nSPS) is 24.8. The van der Waals surface area contributed by atoms with Crippen LogP contribution >= 0.6 is 0 Å². The average molecular weight is 317 g/mol. The summed E-state index contributed by atoms with van der Waals surface area (Å²) in [5.74, 6) is 1.25. The molecule has 0 fully saturated rings. The SMILES string of the molecule is CC=CCCC(C)=CCCC(C)(O)CCC1=CC(C)C(C)C=C1. The zero-order chi connectivity index (χ0) is 17.3. The van der Waals surface area contributed by atoms with E-state index in [0.717, 1.165) is 38.5 Å². The minimum atomic E-state index is -0.568. The standard InChI is InChI=1S/C22H36O/c1-6-7-8-10-18(2)11-9-15-22(5,23)16-14-21-13-12-19(3)20(4)17-21/h6-7,11-13,17,19-20,23H,8-10,14-16H2,1-5H3. The maximum Gasteiger partial charge on any atom is 0.0625 e. The van der Waals surface area contributed by atoms with Gasteiger partial charge in [0.15, 0.2) is 0 Å². The van der Waals surface area contributed by atoms with Gasteiger partial charge in [-0.05, 0) is 71.1 Å². The van der Waals surface area contributed by atoms with Gasteiger partial charge in [0.05, 0.1) is 5.60 Å².